The lowest BCUT2D eigenvalue weighted by Crippen LogP contribution is -2.27. The van der Waals surface area contributed by atoms with Gasteiger partial charge in [0, 0.05) is 5.22 Å². The first kappa shape index (κ1) is 12.8. The lowest BCUT2D eigenvalue weighted by Gasteiger charge is -2.04. The van der Waals surface area contributed by atoms with Crippen LogP contribution in [0.25, 0.3) is 22.3 Å². The summed E-state index contributed by atoms with van der Waals surface area (Å²) >= 11 is 0. The van der Waals surface area contributed by atoms with E-state index in [0.29, 0.717) is 10.4 Å². The van der Waals surface area contributed by atoms with Gasteiger partial charge in [-0.2, -0.15) is 0 Å². The highest BCUT2D eigenvalue weighted by Crippen LogP contribution is 2.37. The SMILES string of the molecule is CC1=c2ccc(O)cc2=C2C(C)=c3cc(O)c(O)c(O)c3=C12. The van der Waals surface area contributed by atoms with Gasteiger partial charge in [-0.3, -0.25) is 0 Å². The molecule has 4 nitrogen and oxygen atoms in total. The Morgan fingerprint density at radius 2 is 1.36 bits per heavy atom. The zero-order valence-corrected chi connectivity index (χ0v) is 12.1. The minimum atomic E-state index is -0.507. The summed E-state index contributed by atoms with van der Waals surface area (Å²) in [4.78, 5) is 0. The topological polar surface area (TPSA) is 80.9 Å². The third-order valence-corrected chi connectivity index (χ3v) is 4.58. The molecule has 0 fully saturated rings. The Labute approximate surface area is 125 Å². The van der Waals surface area contributed by atoms with Crippen LogP contribution in [0.3, 0.4) is 0 Å². The van der Waals surface area contributed by atoms with Gasteiger partial charge in [-0.1, -0.05) is 6.07 Å². The Bertz CT molecular complexity index is 1120. The van der Waals surface area contributed by atoms with E-state index in [1.54, 1.807) is 12.1 Å². The van der Waals surface area contributed by atoms with Crippen LogP contribution >= 0.6 is 0 Å². The molecule has 0 radical (unpaired) electrons. The van der Waals surface area contributed by atoms with E-state index >= 15 is 0 Å². The molecule has 0 spiro atoms. The number of benzene rings is 2. The fraction of sp³-hybridized carbons (Fsp3) is 0.111. The molecule has 2 aromatic rings. The molecular formula is C18H14O4. The molecule has 4 heteroatoms. The third-order valence-electron chi connectivity index (χ3n) is 4.58. The first-order chi connectivity index (χ1) is 10.4. The van der Waals surface area contributed by atoms with E-state index in [2.05, 4.69) is 0 Å². The maximum Gasteiger partial charge on any atom is 0.200 e. The lowest BCUT2D eigenvalue weighted by molar-refractivity contribution is 0.365. The predicted octanol–water partition coefficient (Wildman–Crippen LogP) is -0.121. The van der Waals surface area contributed by atoms with Crippen LogP contribution in [0.15, 0.2) is 24.3 Å². The summed E-state index contributed by atoms with van der Waals surface area (Å²) in [5, 5.41) is 42.8. The molecular weight excluding hydrogens is 280 g/mol. The minimum Gasteiger partial charge on any atom is -0.508 e. The van der Waals surface area contributed by atoms with Crippen molar-refractivity contribution >= 4 is 22.3 Å². The number of aromatic hydroxyl groups is 4. The van der Waals surface area contributed by atoms with E-state index < -0.39 is 5.75 Å². The molecule has 22 heavy (non-hydrogen) atoms. The minimum absolute atomic E-state index is 0.180. The van der Waals surface area contributed by atoms with Crippen LogP contribution in [0.4, 0.5) is 0 Å². The molecule has 2 aliphatic rings. The summed E-state index contributed by atoms with van der Waals surface area (Å²) in [5.41, 5.74) is 3.65. The summed E-state index contributed by atoms with van der Waals surface area (Å²) in [6, 6.07) is 6.65. The fourth-order valence-electron chi connectivity index (χ4n) is 3.55. The van der Waals surface area contributed by atoms with Crippen molar-refractivity contribution in [1.29, 1.82) is 0 Å². The summed E-state index contributed by atoms with van der Waals surface area (Å²) in [6.07, 6.45) is 0. The molecule has 0 bridgehead atoms. The molecule has 2 aliphatic carbocycles. The van der Waals surface area contributed by atoms with E-state index in [4.69, 9.17) is 0 Å². The van der Waals surface area contributed by atoms with Gasteiger partial charge in [0.05, 0.1) is 0 Å². The van der Waals surface area contributed by atoms with Crippen molar-refractivity contribution in [3.05, 3.63) is 45.1 Å². The van der Waals surface area contributed by atoms with Crippen LogP contribution in [0, 0.1) is 0 Å². The molecule has 0 atom stereocenters. The van der Waals surface area contributed by atoms with Crippen LogP contribution in [0.2, 0.25) is 0 Å². The van der Waals surface area contributed by atoms with Crippen LogP contribution in [-0.4, -0.2) is 20.4 Å². The molecule has 0 saturated heterocycles. The summed E-state index contributed by atoms with van der Waals surface area (Å²) in [6.45, 7) is 3.85. The van der Waals surface area contributed by atoms with Gasteiger partial charge in [0.25, 0.3) is 0 Å². The van der Waals surface area contributed by atoms with Crippen molar-refractivity contribution in [3.63, 3.8) is 0 Å². The number of phenols is 4. The van der Waals surface area contributed by atoms with Crippen molar-refractivity contribution in [2.75, 3.05) is 0 Å². The number of fused-ring (bicyclic) bond motifs is 3. The van der Waals surface area contributed by atoms with Crippen LogP contribution < -0.4 is 20.9 Å². The highest BCUT2D eigenvalue weighted by Gasteiger charge is 2.27. The maximum atomic E-state index is 10.3. The van der Waals surface area contributed by atoms with Gasteiger partial charge in [0.15, 0.2) is 11.5 Å². The highest BCUT2D eigenvalue weighted by molar-refractivity contribution is 6.26. The molecule has 4 rings (SSSR count). The van der Waals surface area contributed by atoms with Gasteiger partial charge < -0.3 is 20.4 Å². The van der Waals surface area contributed by atoms with Crippen molar-refractivity contribution in [3.8, 4) is 23.0 Å². The lowest BCUT2D eigenvalue weighted by atomic mass is 10.0. The Hall–Kier alpha value is -2.88. The van der Waals surface area contributed by atoms with Crippen molar-refractivity contribution < 1.29 is 20.4 Å². The summed E-state index contributed by atoms with van der Waals surface area (Å²) < 4.78 is 0. The quantitative estimate of drug-likeness (QED) is 0.511. The number of phenolic OH excluding ortho intramolecular Hbond substituents is 4. The zero-order valence-electron chi connectivity index (χ0n) is 12.1. The molecule has 110 valence electrons. The number of hydrogen-bond acceptors (Lipinski definition) is 4. The van der Waals surface area contributed by atoms with E-state index in [1.165, 1.54) is 6.07 Å². The molecule has 0 aliphatic heterocycles. The summed E-state index contributed by atoms with van der Waals surface area (Å²) in [5.74, 6) is -0.979. The molecule has 0 saturated carbocycles. The second-order valence-corrected chi connectivity index (χ2v) is 5.75. The van der Waals surface area contributed by atoms with Gasteiger partial charge in [-0.15, -0.1) is 0 Å². The molecule has 0 heterocycles. The zero-order chi connectivity index (χ0) is 15.8. The Morgan fingerprint density at radius 1 is 0.682 bits per heavy atom. The third kappa shape index (κ3) is 1.32. The van der Waals surface area contributed by atoms with Crippen LogP contribution in [-0.2, 0) is 0 Å². The van der Waals surface area contributed by atoms with Crippen LogP contribution in [0.1, 0.15) is 13.8 Å². The van der Waals surface area contributed by atoms with Crippen LogP contribution in [0.5, 0.6) is 23.0 Å². The normalized spacial score (nSPS) is 15.2. The van der Waals surface area contributed by atoms with E-state index in [0.717, 1.165) is 32.7 Å². The Kier molecular flexibility index (Phi) is 2.25. The first-order valence-electron chi connectivity index (χ1n) is 6.96. The second-order valence-electron chi connectivity index (χ2n) is 5.75. The average molecular weight is 294 g/mol. The van der Waals surface area contributed by atoms with Crippen molar-refractivity contribution in [2.45, 2.75) is 13.8 Å². The Balaban J connectivity index is 2.37. The predicted molar refractivity (Wildman–Crippen MR) is 83.0 cm³/mol. The molecule has 0 aromatic heterocycles. The number of hydrogen-bond donors (Lipinski definition) is 4. The van der Waals surface area contributed by atoms with Gasteiger partial charge in [-0.05, 0) is 70.0 Å². The first-order valence-corrected chi connectivity index (χ1v) is 6.96. The van der Waals surface area contributed by atoms with Gasteiger partial charge in [0.1, 0.15) is 5.75 Å². The molecule has 4 N–H and O–H groups in total. The van der Waals surface area contributed by atoms with E-state index in [-0.39, 0.29) is 17.2 Å². The maximum absolute atomic E-state index is 10.3. The van der Waals surface area contributed by atoms with E-state index in [1.807, 2.05) is 19.9 Å². The highest BCUT2D eigenvalue weighted by atomic mass is 16.3. The fourth-order valence-corrected chi connectivity index (χ4v) is 3.55. The van der Waals surface area contributed by atoms with Gasteiger partial charge in [0.2, 0.25) is 5.75 Å². The van der Waals surface area contributed by atoms with Crippen molar-refractivity contribution in [2.24, 2.45) is 0 Å². The average Bonchev–Trinajstić information content (AvgIpc) is 2.92. The van der Waals surface area contributed by atoms with Gasteiger partial charge in [-0.25, -0.2) is 0 Å². The summed E-state index contributed by atoms with van der Waals surface area (Å²) in [7, 11) is 0. The Morgan fingerprint density at radius 3 is 2.09 bits per heavy atom. The monoisotopic (exact) mass is 294 g/mol. The van der Waals surface area contributed by atoms with Crippen molar-refractivity contribution in [1.82, 2.24) is 0 Å². The second kappa shape index (κ2) is 3.85. The largest absolute Gasteiger partial charge is 0.508 e. The van der Waals surface area contributed by atoms with E-state index in [9.17, 15) is 20.4 Å². The molecule has 2 aromatic carbocycles. The smallest absolute Gasteiger partial charge is 0.200 e. The standard InChI is InChI=1S/C18H14O4/c1-7-10-4-3-9(19)5-12(10)14-8(2)11-6-13(20)17(21)18(22)16(11)15(7)14/h3-6,19-22H,1-2H3. The molecule has 0 amide bonds. The molecule has 0 unspecified atom stereocenters. The van der Waals surface area contributed by atoms with Gasteiger partial charge >= 0.3 is 0 Å². The number of rotatable bonds is 0.